The molecule has 2 atom stereocenters. The number of phosphoric ester groups is 1. The topological polar surface area (TPSA) is 108 Å². The number of esters is 2. The zero-order valence-corrected chi connectivity index (χ0v) is 44.6. The standard InChI is InChI=1S/C56H104NO8P/c1-6-8-10-12-14-16-18-20-22-24-26-28-30-32-34-36-38-40-42-44-46-48-55(58)62-52-54(53-64-66(60,61)63-51-50-57(3,4)5)65-56(59)49-47-45-43-41-39-37-35-33-31-29-27-25-23-21-19-17-15-13-11-9-7-2/h9,11,15,17,21,23,27,29,54H,6-8,10,12-14,16,18-20,22,24-26,28,30-53H2,1-5H3/p+1/b11-9-,17-15-,23-21-,29-27-. The number of hydrogen-bond donors (Lipinski definition) is 1. The second-order valence-electron chi connectivity index (χ2n) is 19.6. The number of phosphoric acid groups is 1. The highest BCUT2D eigenvalue weighted by Gasteiger charge is 2.27. The number of allylic oxidation sites excluding steroid dienone is 8. The van der Waals surface area contributed by atoms with E-state index >= 15 is 0 Å². The Kier molecular flexibility index (Phi) is 46.5. The molecule has 0 aliphatic carbocycles. The highest BCUT2D eigenvalue weighted by molar-refractivity contribution is 7.47. The summed E-state index contributed by atoms with van der Waals surface area (Å²) in [5, 5.41) is 0. The average Bonchev–Trinajstić information content (AvgIpc) is 3.27. The maximum absolute atomic E-state index is 12.8. The molecule has 0 bridgehead atoms. The van der Waals surface area contributed by atoms with Crippen LogP contribution in [0.3, 0.4) is 0 Å². The molecule has 0 heterocycles. The van der Waals surface area contributed by atoms with Crippen LogP contribution in [0, 0.1) is 0 Å². The second kappa shape index (κ2) is 48.0. The zero-order valence-electron chi connectivity index (χ0n) is 43.7. The molecule has 0 radical (unpaired) electrons. The number of nitrogens with zero attached hydrogens (tertiary/aromatic N) is 1. The lowest BCUT2D eigenvalue weighted by Gasteiger charge is -2.24. The molecule has 2 unspecified atom stereocenters. The van der Waals surface area contributed by atoms with E-state index in [1.807, 2.05) is 21.1 Å². The van der Waals surface area contributed by atoms with Gasteiger partial charge < -0.3 is 18.9 Å². The van der Waals surface area contributed by atoms with Gasteiger partial charge in [0.1, 0.15) is 19.8 Å². The Bertz CT molecular complexity index is 1260. The third-order valence-electron chi connectivity index (χ3n) is 11.9. The minimum Gasteiger partial charge on any atom is -0.462 e. The summed E-state index contributed by atoms with van der Waals surface area (Å²) in [5.74, 6) is -0.798. The molecular weight excluding hydrogens is 846 g/mol. The maximum atomic E-state index is 12.8. The predicted molar refractivity (Wildman–Crippen MR) is 280 cm³/mol. The van der Waals surface area contributed by atoms with E-state index in [4.69, 9.17) is 18.5 Å². The molecule has 0 aromatic rings. The Hall–Kier alpha value is -2.03. The third kappa shape index (κ3) is 51.4. The van der Waals surface area contributed by atoms with Gasteiger partial charge >= 0.3 is 19.8 Å². The summed E-state index contributed by atoms with van der Waals surface area (Å²) < 4.78 is 34.5. The molecule has 0 spiro atoms. The summed E-state index contributed by atoms with van der Waals surface area (Å²) in [6, 6.07) is 0. The van der Waals surface area contributed by atoms with E-state index in [0.29, 0.717) is 23.9 Å². The molecule has 66 heavy (non-hydrogen) atoms. The average molecular weight is 951 g/mol. The number of hydrogen-bond acceptors (Lipinski definition) is 7. The molecular formula is C56H105NO8P+. The molecule has 0 aromatic carbocycles. The van der Waals surface area contributed by atoms with Gasteiger partial charge in [0.15, 0.2) is 6.10 Å². The highest BCUT2D eigenvalue weighted by Crippen LogP contribution is 2.43. The SMILES string of the molecule is CC/C=C\C/C=C\C/C=C\C/C=C\CCCCCCCCCCC(=O)OC(COC(=O)CCCCCCCCCCCCCCCCCCCCCCC)COP(=O)(O)OCC[N+](C)(C)C. The molecule has 386 valence electrons. The molecule has 0 aromatic heterocycles. The van der Waals surface area contributed by atoms with Crippen molar-refractivity contribution in [3.63, 3.8) is 0 Å². The summed E-state index contributed by atoms with van der Waals surface area (Å²) in [5.41, 5.74) is 0. The molecule has 0 aliphatic rings. The van der Waals surface area contributed by atoms with Gasteiger partial charge in [-0.2, -0.15) is 0 Å². The molecule has 0 saturated carbocycles. The van der Waals surface area contributed by atoms with Gasteiger partial charge in [-0.15, -0.1) is 0 Å². The van der Waals surface area contributed by atoms with Crippen molar-refractivity contribution < 1.29 is 42.1 Å². The van der Waals surface area contributed by atoms with Gasteiger partial charge in [0.25, 0.3) is 0 Å². The lowest BCUT2D eigenvalue weighted by Crippen LogP contribution is -2.37. The number of ether oxygens (including phenoxy) is 2. The minimum atomic E-state index is -4.38. The summed E-state index contributed by atoms with van der Waals surface area (Å²) in [6.07, 6.45) is 58.8. The number of quaternary nitrogens is 1. The van der Waals surface area contributed by atoms with E-state index in [1.165, 1.54) is 141 Å². The molecule has 1 N–H and O–H groups in total. The van der Waals surface area contributed by atoms with Crippen LogP contribution in [0.1, 0.15) is 245 Å². The van der Waals surface area contributed by atoms with Crippen molar-refractivity contribution in [3.8, 4) is 0 Å². The van der Waals surface area contributed by atoms with Crippen molar-refractivity contribution in [2.45, 2.75) is 251 Å². The number of carbonyl (C=O) groups excluding carboxylic acids is 2. The van der Waals surface area contributed by atoms with Crippen LogP contribution in [-0.2, 0) is 32.7 Å². The summed E-state index contributed by atoms with van der Waals surface area (Å²) in [4.78, 5) is 35.6. The maximum Gasteiger partial charge on any atom is 0.472 e. The minimum absolute atomic E-state index is 0.0300. The first-order valence-corrected chi connectivity index (χ1v) is 28.9. The summed E-state index contributed by atoms with van der Waals surface area (Å²) >= 11 is 0. The van der Waals surface area contributed by atoms with Crippen LogP contribution >= 0.6 is 7.82 Å². The fourth-order valence-electron chi connectivity index (χ4n) is 7.65. The van der Waals surface area contributed by atoms with Crippen LogP contribution in [0.25, 0.3) is 0 Å². The van der Waals surface area contributed by atoms with Crippen molar-refractivity contribution in [1.82, 2.24) is 0 Å². The second-order valence-corrected chi connectivity index (χ2v) is 21.0. The van der Waals surface area contributed by atoms with Crippen molar-refractivity contribution >= 4 is 19.8 Å². The Morgan fingerprint density at radius 3 is 1.29 bits per heavy atom. The van der Waals surface area contributed by atoms with Crippen LogP contribution in [0.5, 0.6) is 0 Å². The van der Waals surface area contributed by atoms with E-state index < -0.39 is 26.5 Å². The van der Waals surface area contributed by atoms with E-state index in [9.17, 15) is 19.0 Å². The van der Waals surface area contributed by atoms with E-state index in [2.05, 4.69) is 62.5 Å². The molecule has 0 fully saturated rings. The largest absolute Gasteiger partial charge is 0.472 e. The molecule has 9 nitrogen and oxygen atoms in total. The summed E-state index contributed by atoms with van der Waals surface area (Å²) in [7, 11) is 1.48. The van der Waals surface area contributed by atoms with E-state index in [-0.39, 0.29) is 25.6 Å². The van der Waals surface area contributed by atoms with Gasteiger partial charge in [0.05, 0.1) is 27.7 Å². The van der Waals surface area contributed by atoms with Crippen molar-refractivity contribution in [2.24, 2.45) is 0 Å². The monoisotopic (exact) mass is 951 g/mol. The lowest BCUT2D eigenvalue weighted by molar-refractivity contribution is -0.870. The Morgan fingerprint density at radius 2 is 0.864 bits per heavy atom. The lowest BCUT2D eigenvalue weighted by atomic mass is 10.0. The number of carbonyl (C=O) groups is 2. The Morgan fingerprint density at radius 1 is 0.485 bits per heavy atom. The molecule has 0 saturated heterocycles. The first kappa shape index (κ1) is 64.0. The van der Waals surface area contributed by atoms with Crippen LogP contribution in [-0.4, -0.2) is 74.9 Å². The number of unbranched alkanes of at least 4 members (excludes halogenated alkanes) is 28. The van der Waals surface area contributed by atoms with Crippen molar-refractivity contribution in [2.75, 3.05) is 47.5 Å². The van der Waals surface area contributed by atoms with E-state index in [1.54, 1.807) is 0 Å². The molecule has 10 heteroatoms. The van der Waals surface area contributed by atoms with Gasteiger partial charge in [-0.25, -0.2) is 4.57 Å². The van der Waals surface area contributed by atoms with Crippen molar-refractivity contribution in [3.05, 3.63) is 48.6 Å². The highest BCUT2D eigenvalue weighted by atomic mass is 31.2. The Labute approximate surface area is 407 Å². The van der Waals surface area contributed by atoms with Gasteiger partial charge in [-0.05, 0) is 51.4 Å². The van der Waals surface area contributed by atoms with Gasteiger partial charge in [-0.3, -0.25) is 18.6 Å². The fraction of sp³-hybridized carbons (Fsp3) is 0.821. The quantitative estimate of drug-likeness (QED) is 0.0211. The first-order valence-electron chi connectivity index (χ1n) is 27.4. The number of likely N-dealkylation sites (N-methyl/N-ethyl adjacent to an activating group) is 1. The van der Waals surface area contributed by atoms with Crippen LogP contribution in [0.2, 0.25) is 0 Å². The molecule has 0 rings (SSSR count). The third-order valence-corrected chi connectivity index (χ3v) is 12.9. The molecule has 0 aliphatic heterocycles. The fourth-order valence-corrected chi connectivity index (χ4v) is 8.40. The van der Waals surface area contributed by atoms with Gasteiger partial charge in [0.2, 0.25) is 0 Å². The van der Waals surface area contributed by atoms with Gasteiger partial charge in [-0.1, -0.05) is 229 Å². The Balaban J connectivity index is 4.20. The smallest absolute Gasteiger partial charge is 0.462 e. The van der Waals surface area contributed by atoms with Crippen LogP contribution in [0.15, 0.2) is 48.6 Å². The van der Waals surface area contributed by atoms with Crippen LogP contribution < -0.4 is 0 Å². The molecule has 0 amide bonds. The zero-order chi connectivity index (χ0) is 48.5. The van der Waals surface area contributed by atoms with Crippen LogP contribution in [0.4, 0.5) is 0 Å². The van der Waals surface area contributed by atoms with E-state index in [0.717, 1.165) is 70.6 Å². The summed E-state index contributed by atoms with van der Waals surface area (Å²) in [6.45, 7) is 4.34. The van der Waals surface area contributed by atoms with Gasteiger partial charge in [0, 0.05) is 12.8 Å². The normalized spacial score (nSPS) is 13.7. The van der Waals surface area contributed by atoms with Crippen molar-refractivity contribution in [1.29, 1.82) is 0 Å². The first-order chi connectivity index (χ1) is 32.0. The predicted octanol–water partition coefficient (Wildman–Crippen LogP) is 16.6. The number of rotatable bonds is 50.